The number of nitrogens with two attached hydrogens (primary N) is 2. The molecule has 0 amide bonds. The van der Waals surface area contributed by atoms with Gasteiger partial charge in [-0.05, 0) is 0 Å². The third kappa shape index (κ3) is 6.52. The van der Waals surface area contributed by atoms with Gasteiger partial charge in [0.1, 0.15) is 0 Å². The van der Waals surface area contributed by atoms with Crippen LogP contribution in [-0.4, -0.2) is 40.4 Å². The van der Waals surface area contributed by atoms with E-state index >= 15 is 0 Å². The number of nitrogens with zero attached hydrogens (tertiary/aromatic N) is 3. The number of nitrogens with one attached hydrogen (secondary N) is 1. The first-order valence-electron chi connectivity index (χ1n) is 8.61. The first-order chi connectivity index (χ1) is 11.9. The van der Waals surface area contributed by atoms with E-state index in [4.69, 9.17) is 29.8 Å². The third-order valence-electron chi connectivity index (χ3n) is 4.61. The van der Waals surface area contributed by atoms with Crippen LogP contribution >= 0.6 is 11.6 Å². The van der Waals surface area contributed by atoms with E-state index in [1.54, 1.807) is 7.05 Å². The Morgan fingerprint density at radius 2 is 1.84 bits per heavy atom. The average Bonchev–Trinajstić information content (AvgIpc) is 3.39. The molecule has 2 saturated carbocycles. The van der Waals surface area contributed by atoms with Gasteiger partial charge in [-0.2, -0.15) is 0 Å². The van der Waals surface area contributed by atoms with Crippen molar-refractivity contribution in [1.29, 1.82) is 0 Å². The second-order valence-corrected chi connectivity index (χ2v) is 8.46. The minimum absolute atomic E-state index is 0.0763. The summed E-state index contributed by atoms with van der Waals surface area (Å²) >= 11 is 7.30. The van der Waals surface area contributed by atoms with Crippen molar-refractivity contribution < 1.29 is 19.4 Å². The summed E-state index contributed by atoms with van der Waals surface area (Å²) in [5.74, 6) is 6.27. The summed E-state index contributed by atoms with van der Waals surface area (Å²) < 4.78 is 0.821. The molecule has 5 N–H and O–H groups in total. The molecule has 2 aliphatic carbocycles. The summed E-state index contributed by atoms with van der Waals surface area (Å²) in [7, 11) is 1.73. The molecule has 0 aliphatic heterocycles. The van der Waals surface area contributed by atoms with Crippen molar-refractivity contribution in [3.8, 4) is 0 Å². The summed E-state index contributed by atoms with van der Waals surface area (Å²) in [6.45, 7) is 5.86. The summed E-state index contributed by atoms with van der Waals surface area (Å²) in [4.78, 5) is 8.93. The number of rotatable bonds is 8. The number of hydrogen-bond acceptors (Lipinski definition) is 6. The Morgan fingerprint density at radius 1 is 1.20 bits per heavy atom. The Labute approximate surface area is 165 Å². The topological polar surface area (TPSA) is 101 Å². The van der Waals surface area contributed by atoms with Crippen molar-refractivity contribution in [2.75, 3.05) is 7.05 Å². The second kappa shape index (κ2) is 9.86. The van der Waals surface area contributed by atoms with E-state index in [1.807, 2.05) is 0 Å². The SMILES string of the molecule is [CH-]=C(Cl)C(=N\[C](=[W])NC1CCC(N)CC1)/C(=N/N)C(CC1CC1)=NC. The van der Waals surface area contributed by atoms with Gasteiger partial charge in [-0.15, -0.1) is 0 Å². The molecule has 2 rings (SSSR count). The summed E-state index contributed by atoms with van der Waals surface area (Å²) in [5.41, 5.74) is 7.65. The molecule has 8 heteroatoms. The van der Waals surface area contributed by atoms with Gasteiger partial charge in [0.15, 0.2) is 0 Å². The predicted octanol–water partition coefficient (Wildman–Crippen LogP) is 1.66. The molecule has 0 bridgehead atoms. The Hall–Kier alpha value is -0.682. The van der Waals surface area contributed by atoms with E-state index in [1.165, 1.54) is 32.2 Å². The normalized spacial score (nSPS) is 25.8. The third-order valence-corrected chi connectivity index (χ3v) is 5.54. The van der Waals surface area contributed by atoms with Crippen LogP contribution in [0.2, 0.25) is 0 Å². The molecule has 0 saturated heterocycles. The van der Waals surface area contributed by atoms with E-state index in [-0.39, 0.29) is 5.03 Å². The quantitative estimate of drug-likeness (QED) is 0.191. The Morgan fingerprint density at radius 3 is 2.32 bits per heavy atom. The first kappa shape index (κ1) is 20.6. The molecular weight excluding hydrogens is 508 g/mol. The molecule has 0 atom stereocenters. The number of allylic oxidation sites excluding steroid dienone is 1. The molecule has 2 aliphatic rings. The zero-order chi connectivity index (χ0) is 18.4. The summed E-state index contributed by atoms with van der Waals surface area (Å²) in [6, 6.07) is 0.705. The van der Waals surface area contributed by atoms with Gasteiger partial charge >= 0.3 is 166 Å². The van der Waals surface area contributed by atoms with Gasteiger partial charge in [0.05, 0.1) is 0 Å². The van der Waals surface area contributed by atoms with Crippen LogP contribution in [0.25, 0.3) is 0 Å². The predicted molar refractivity (Wildman–Crippen MR) is 102 cm³/mol. The molecule has 6 nitrogen and oxygen atoms in total. The average molecular weight is 534 g/mol. The Kier molecular flexibility index (Phi) is 8.14. The van der Waals surface area contributed by atoms with Gasteiger partial charge in [0.25, 0.3) is 0 Å². The zero-order valence-electron chi connectivity index (χ0n) is 14.5. The summed E-state index contributed by atoms with van der Waals surface area (Å²) in [6.07, 6.45) is 7.41. The van der Waals surface area contributed by atoms with Gasteiger partial charge in [0, 0.05) is 0 Å². The van der Waals surface area contributed by atoms with Crippen LogP contribution in [0.1, 0.15) is 44.9 Å². The molecule has 0 aromatic carbocycles. The Bertz CT molecular complexity index is 600. The van der Waals surface area contributed by atoms with Gasteiger partial charge < -0.3 is 0 Å². The fourth-order valence-corrected chi connectivity index (χ4v) is 4.01. The molecule has 0 radical (unpaired) electrons. The monoisotopic (exact) mass is 533 g/mol. The van der Waals surface area contributed by atoms with Crippen LogP contribution in [-0.2, 0) is 19.4 Å². The van der Waals surface area contributed by atoms with Gasteiger partial charge in [0.2, 0.25) is 0 Å². The fourth-order valence-electron chi connectivity index (χ4n) is 2.95. The molecule has 138 valence electrons. The minimum atomic E-state index is 0.0763. The van der Waals surface area contributed by atoms with Crippen LogP contribution in [0.3, 0.4) is 0 Å². The molecule has 0 spiro atoms. The first-order valence-corrected chi connectivity index (χ1v) is 10.5. The van der Waals surface area contributed by atoms with E-state index in [9.17, 15) is 0 Å². The van der Waals surface area contributed by atoms with E-state index in [2.05, 4.69) is 20.4 Å². The van der Waals surface area contributed by atoms with Crippen molar-refractivity contribution in [3.63, 3.8) is 0 Å². The number of halogens is 1. The van der Waals surface area contributed by atoms with E-state index in [0.29, 0.717) is 29.4 Å². The van der Waals surface area contributed by atoms with Crippen LogP contribution < -0.4 is 16.9 Å². The van der Waals surface area contributed by atoms with E-state index < -0.39 is 0 Å². The maximum atomic E-state index is 6.10. The van der Waals surface area contributed by atoms with Crippen molar-refractivity contribution in [3.05, 3.63) is 11.6 Å². The summed E-state index contributed by atoms with van der Waals surface area (Å²) in [5, 5.41) is 7.43. The zero-order valence-corrected chi connectivity index (χ0v) is 18.2. The van der Waals surface area contributed by atoms with Gasteiger partial charge in [-0.1, -0.05) is 0 Å². The number of hydrogen-bond donors (Lipinski definition) is 3. The molecule has 0 heterocycles. The Balaban J connectivity index is 2.10. The molecule has 0 aromatic rings. The van der Waals surface area contributed by atoms with Crippen molar-refractivity contribution in [2.24, 2.45) is 32.6 Å². The number of aliphatic imine (C=N–C) groups is 2. The van der Waals surface area contributed by atoms with Gasteiger partial charge in [-0.25, -0.2) is 0 Å². The van der Waals surface area contributed by atoms with Crippen molar-refractivity contribution in [1.82, 2.24) is 5.32 Å². The maximum absolute atomic E-state index is 6.10. The molecule has 0 aromatic heterocycles. The second-order valence-electron chi connectivity index (χ2n) is 6.67. The molecule has 0 unspecified atom stereocenters. The van der Waals surface area contributed by atoms with Crippen LogP contribution in [0.5, 0.6) is 0 Å². The standard InChI is InChI=1S/C17H26ClN6.W/c1-11(18)16(17(24-20)15(21-2)9-12-3-4-12)23-10-22-14-7-5-13(19)6-8-14;/h1,12-14,22H,3-9,19-20H2,2H3;/q-1;/b21-15?,23-16+,24-17+;. The van der Waals surface area contributed by atoms with Crippen molar-refractivity contribution in [2.45, 2.75) is 57.0 Å². The fraction of sp³-hybridized carbons (Fsp3) is 0.647. The van der Waals surface area contributed by atoms with Crippen molar-refractivity contribution >= 4 is 32.9 Å². The molecular formula is C17H26ClN6W-. The van der Waals surface area contributed by atoms with Crippen LogP contribution in [0, 0.1) is 12.5 Å². The van der Waals surface area contributed by atoms with Crippen LogP contribution in [0.4, 0.5) is 0 Å². The number of hydrazone groups is 1. The molecule has 25 heavy (non-hydrogen) atoms. The van der Waals surface area contributed by atoms with Gasteiger partial charge in [-0.3, -0.25) is 0 Å². The van der Waals surface area contributed by atoms with Crippen LogP contribution in [0.15, 0.2) is 20.1 Å². The van der Waals surface area contributed by atoms with E-state index in [0.717, 1.165) is 42.0 Å². The molecule has 2 fully saturated rings.